The maximum atomic E-state index is 11.7. The number of alkyl halides is 1. The fraction of sp³-hybridized carbons (Fsp3) is 0.750. The highest BCUT2D eigenvalue weighted by molar-refractivity contribution is 9.09. The van der Waals surface area contributed by atoms with Crippen molar-refractivity contribution in [1.29, 1.82) is 0 Å². The average Bonchev–Trinajstić information content (AvgIpc) is 3.10. The Morgan fingerprint density at radius 3 is 2.76 bits per heavy atom. The Bertz CT molecular complexity index is 777. The van der Waals surface area contributed by atoms with Crippen LogP contribution in [0.15, 0.2) is 35.5 Å². The van der Waals surface area contributed by atoms with E-state index in [0.29, 0.717) is 36.4 Å². The highest BCUT2D eigenvalue weighted by Crippen LogP contribution is 2.59. The third kappa shape index (κ3) is 6.82. The lowest BCUT2D eigenvalue weighted by atomic mass is 9.61. The molecule has 0 aromatic rings. The minimum absolute atomic E-state index is 0.0394. The molecule has 0 radical (unpaired) electrons. The van der Waals surface area contributed by atoms with Gasteiger partial charge in [-0.25, -0.2) is 0 Å². The number of carbonyl (C=O) groups excluding carboxylic acids is 1. The first kappa shape index (κ1) is 26.7. The zero-order valence-corrected chi connectivity index (χ0v) is 22.6. The van der Waals surface area contributed by atoms with E-state index in [2.05, 4.69) is 48.5 Å². The Morgan fingerprint density at radius 1 is 1.30 bits per heavy atom. The van der Waals surface area contributed by atoms with E-state index in [9.17, 15) is 9.90 Å². The van der Waals surface area contributed by atoms with E-state index in [1.54, 1.807) is 19.4 Å². The van der Waals surface area contributed by atoms with Gasteiger partial charge in [-0.15, -0.1) is 0 Å². The van der Waals surface area contributed by atoms with Crippen LogP contribution in [0.3, 0.4) is 0 Å². The SMILES string of the molecule is C=C1CCC(OC(=O)CBr)CC1=CC=C1CCCC2(C)C1CCC2C(C)COCC(C)(C)O. The summed E-state index contributed by atoms with van der Waals surface area (Å²) in [4.78, 5) is 11.7. The Kier molecular flexibility index (Phi) is 9.07. The van der Waals surface area contributed by atoms with Crippen molar-refractivity contribution < 1.29 is 19.4 Å². The molecule has 3 saturated carbocycles. The number of esters is 1. The van der Waals surface area contributed by atoms with Crippen molar-refractivity contribution in [3.8, 4) is 0 Å². The fourth-order valence-electron chi connectivity index (χ4n) is 6.52. The molecule has 0 heterocycles. The number of fused-ring (bicyclic) bond motifs is 1. The molecule has 0 saturated heterocycles. The van der Waals surface area contributed by atoms with Gasteiger partial charge in [0, 0.05) is 13.0 Å². The Morgan fingerprint density at radius 2 is 2.06 bits per heavy atom. The molecule has 3 fully saturated rings. The van der Waals surface area contributed by atoms with Crippen molar-refractivity contribution in [1.82, 2.24) is 0 Å². The van der Waals surface area contributed by atoms with Gasteiger partial charge < -0.3 is 14.6 Å². The summed E-state index contributed by atoms with van der Waals surface area (Å²) in [5, 5.41) is 10.2. The van der Waals surface area contributed by atoms with Gasteiger partial charge in [0.15, 0.2) is 0 Å². The second-order valence-electron chi connectivity index (χ2n) is 11.4. The Labute approximate surface area is 209 Å². The predicted molar refractivity (Wildman–Crippen MR) is 137 cm³/mol. The van der Waals surface area contributed by atoms with Crippen LogP contribution in [0, 0.1) is 23.2 Å². The Balaban J connectivity index is 1.67. The third-order valence-electron chi connectivity index (χ3n) is 8.14. The first-order chi connectivity index (χ1) is 15.5. The van der Waals surface area contributed by atoms with E-state index < -0.39 is 5.60 Å². The van der Waals surface area contributed by atoms with E-state index in [0.717, 1.165) is 19.3 Å². The Hall–Kier alpha value is -0.910. The molecular weight excluding hydrogens is 480 g/mol. The molecule has 3 aliphatic rings. The van der Waals surface area contributed by atoms with Crippen LogP contribution in [0.1, 0.15) is 79.1 Å². The van der Waals surface area contributed by atoms with Gasteiger partial charge in [0.25, 0.3) is 0 Å². The summed E-state index contributed by atoms with van der Waals surface area (Å²) >= 11 is 3.18. The summed E-state index contributed by atoms with van der Waals surface area (Å²) in [6.07, 6.45) is 13.3. The van der Waals surface area contributed by atoms with Crippen molar-refractivity contribution in [2.75, 3.05) is 18.5 Å². The van der Waals surface area contributed by atoms with Gasteiger partial charge in [-0.1, -0.05) is 59.7 Å². The maximum absolute atomic E-state index is 11.7. The summed E-state index contributed by atoms with van der Waals surface area (Å²) in [5.74, 6) is 1.58. The van der Waals surface area contributed by atoms with Crippen LogP contribution >= 0.6 is 15.9 Å². The smallest absolute Gasteiger partial charge is 0.316 e. The molecule has 1 N–H and O–H groups in total. The zero-order valence-electron chi connectivity index (χ0n) is 21.0. The van der Waals surface area contributed by atoms with Crippen LogP contribution < -0.4 is 0 Å². The molecule has 5 atom stereocenters. The van der Waals surface area contributed by atoms with Gasteiger partial charge in [0.1, 0.15) is 11.4 Å². The highest BCUT2D eigenvalue weighted by Gasteiger charge is 2.50. The standard InChI is InChI=1S/C28H43BrO4/c1-19-8-11-23(33-26(30)16-29)15-22(19)10-9-21-7-6-14-28(5)24(12-13-25(21)28)20(2)17-32-18-27(3,4)31/h9-10,20,23-25,31H,1,6-8,11-18H2,2-5H3. The van der Waals surface area contributed by atoms with Crippen molar-refractivity contribution in [2.24, 2.45) is 23.2 Å². The van der Waals surface area contributed by atoms with Gasteiger partial charge in [-0.2, -0.15) is 0 Å². The van der Waals surface area contributed by atoms with E-state index in [1.165, 1.54) is 43.3 Å². The molecule has 186 valence electrons. The molecule has 0 spiro atoms. The lowest BCUT2D eigenvalue weighted by molar-refractivity contribution is -0.146. The van der Waals surface area contributed by atoms with Crippen molar-refractivity contribution in [2.45, 2.75) is 90.8 Å². The summed E-state index contributed by atoms with van der Waals surface area (Å²) in [5.41, 5.74) is 3.54. The van der Waals surface area contributed by atoms with Crippen LogP contribution in [-0.2, 0) is 14.3 Å². The first-order valence-electron chi connectivity index (χ1n) is 12.7. The van der Waals surface area contributed by atoms with Gasteiger partial charge in [-0.05, 0) is 87.5 Å². The number of carbonyl (C=O) groups is 1. The van der Waals surface area contributed by atoms with E-state index >= 15 is 0 Å². The highest BCUT2D eigenvalue weighted by atomic mass is 79.9. The molecule has 3 rings (SSSR count). The van der Waals surface area contributed by atoms with Gasteiger partial charge in [0.05, 0.1) is 12.2 Å². The van der Waals surface area contributed by atoms with Crippen molar-refractivity contribution >= 4 is 21.9 Å². The molecule has 0 aliphatic heterocycles. The number of hydrogen-bond donors (Lipinski definition) is 1. The van der Waals surface area contributed by atoms with E-state index in [1.807, 2.05) is 0 Å². The van der Waals surface area contributed by atoms with Gasteiger partial charge in [0.2, 0.25) is 0 Å². The molecule has 0 amide bonds. The number of rotatable bonds is 8. The molecular formula is C28H43BrO4. The average molecular weight is 524 g/mol. The lowest BCUT2D eigenvalue weighted by Gasteiger charge is -2.44. The number of aliphatic hydroxyl groups is 1. The van der Waals surface area contributed by atoms with Crippen LogP contribution in [0.2, 0.25) is 0 Å². The van der Waals surface area contributed by atoms with E-state index in [4.69, 9.17) is 9.47 Å². The first-order valence-corrected chi connectivity index (χ1v) is 13.8. The number of allylic oxidation sites excluding steroid dienone is 4. The van der Waals surface area contributed by atoms with E-state index in [-0.39, 0.29) is 17.4 Å². The van der Waals surface area contributed by atoms with Crippen LogP contribution in [0.5, 0.6) is 0 Å². The summed E-state index contributed by atoms with van der Waals surface area (Å²) < 4.78 is 11.5. The summed E-state index contributed by atoms with van der Waals surface area (Å²) in [6, 6.07) is 0. The molecule has 3 aliphatic carbocycles. The van der Waals surface area contributed by atoms with Gasteiger partial charge in [-0.3, -0.25) is 4.79 Å². The lowest BCUT2D eigenvalue weighted by Crippen LogP contribution is -2.37. The molecule has 5 unspecified atom stereocenters. The van der Waals surface area contributed by atoms with Crippen molar-refractivity contribution in [3.05, 3.63) is 35.5 Å². The second-order valence-corrected chi connectivity index (χ2v) is 12.0. The molecule has 0 bridgehead atoms. The maximum Gasteiger partial charge on any atom is 0.316 e. The third-order valence-corrected chi connectivity index (χ3v) is 8.59. The molecule has 5 heteroatoms. The number of hydrogen-bond acceptors (Lipinski definition) is 4. The topological polar surface area (TPSA) is 55.8 Å². The predicted octanol–water partition coefficient (Wildman–Crippen LogP) is 6.53. The largest absolute Gasteiger partial charge is 0.461 e. The number of halogens is 1. The zero-order chi connectivity index (χ0) is 24.2. The summed E-state index contributed by atoms with van der Waals surface area (Å²) in [7, 11) is 0. The normalized spacial score (nSPS) is 33.9. The van der Waals surface area contributed by atoms with Gasteiger partial charge >= 0.3 is 5.97 Å². The minimum Gasteiger partial charge on any atom is -0.461 e. The quantitative estimate of drug-likeness (QED) is 0.291. The van der Waals surface area contributed by atoms with Crippen LogP contribution in [0.4, 0.5) is 0 Å². The monoisotopic (exact) mass is 522 g/mol. The fourth-order valence-corrected chi connectivity index (χ4v) is 6.66. The van der Waals surface area contributed by atoms with Crippen LogP contribution in [-0.4, -0.2) is 41.3 Å². The molecule has 4 nitrogen and oxygen atoms in total. The summed E-state index contributed by atoms with van der Waals surface area (Å²) in [6.45, 7) is 13.8. The number of ether oxygens (including phenoxy) is 2. The second kappa shape index (κ2) is 11.2. The van der Waals surface area contributed by atoms with Crippen LogP contribution in [0.25, 0.3) is 0 Å². The molecule has 0 aromatic carbocycles. The molecule has 0 aromatic heterocycles. The minimum atomic E-state index is -0.773. The van der Waals surface area contributed by atoms with Crippen molar-refractivity contribution in [3.63, 3.8) is 0 Å². The molecule has 33 heavy (non-hydrogen) atoms.